The summed E-state index contributed by atoms with van der Waals surface area (Å²) in [5.41, 5.74) is 0.112. The molecule has 1 fully saturated rings. The number of aliphatic carboxylic acids is 1. The van der Waals surface area contributed by atoms with Gasteiger partial charge < -0.3 is 5.11 Å². The molecule has 0 spiro atoms. The molecule has 2 rings (SSSR count). The molecule has 1 aromatic rings. The minimum Gasteiger partial charge on any atom is -0.481 e. The fraction of sp³-hybridized carbons (Fsp3) is 0.533. The molecule has 1 aliphatic carbocycles. The second-order valence-corrected chi connectivity index (χ2v) is 5.23. The fourth-order valence-corrected chi connectivity index (χ4v) is 2.99. The highest BCUT2D eigenvalue weighted by molar-refractivity contribution is 5.76. The van der Waals surface area contributed by atoms with Gasteiger partial charge in [-0.05, 0) is 24.8 Å². The number of hydrogen-bond donors (Lipinski definition) is 1. The van der Waals surface area contributed by atoms with Crippen LogP contribution in [0.5, 0.6) is 0 Å². The van der Waals surface area contributed by atoms with Crippen molar-refractivity contribution in [1.82, 2.24) is 0 Å². The van der Waals surface area contributed by atoms with Gasteiger partial charge in [-0.2, -0.15) is 0 Å². The van der Waals surface area contributed by atoms with E-state index in [9.17, 15) is 18.7 Å². The number of rotatable bonds is 3. The molecule has 0 saturated heterocycles. The van der Waals surface area contributed by atoms with E-state index >= 15 is 0 Å². The molecule has 1 atom stereocenters. The Morgan fingerprint density at radius 3 is 2.32 bits per heavy atom. The van der Waals surface area contributed by atoms with Crippen molar-refractivity contribution in [1.29, 1.82) is 0 Å². The van der Waals surface area contributed by atoms with Gasteiger partial charge in [-0.1, -0.05) is 31.7 Å². The molecule has 1 N–H and O–H groups in total. The number of hydrogen-bond acceptors (Lipinski definition) is 1. The van der Waals surface area contributed by atoms with E-state index in [2.05, 4.69) is 0 Å². The Kier molecular flexibility index (Phi) is 4.51. The van der Waals surface area contributed by atoms with Crippen LogP contribution in [0.4, 0.5) is 8.78 Å². The van der Waals surface area contributed by atoms with Crippen molar-refractivity contribution in [2.45, 2.75) is 44.4 Å². The Hall–Kier alpha value is -1.45. The first kappa shape index (κ1) is 14.0. The second kappa shape index (κ2) is 6.13. The van der Waals surface area contributed by atoms with Crippen LogP contribution in [0.2, 0.25) is 0 Å². The van der Waals surface area contributed by atoms with Gasteiger partial charge in [-0.3, -0.25) is 4.79 Å². The molecule has 0 heterocycles. The van der Waals surface area contributed by atoms with Crippen LogP contribution in [0.25, 0.3) is 0 Å². The standard InChI is InChI=1S/C15H18F2O2/c16-11-7-8-12(13(17)9-11)14(15(18)19)10-5-3-1-2-4-6-10/h7-10,14H,1-6H2,(H,18,19). The first-order valence-electron chi connectivity index (χ1n) is 6.77. The summed E-state index contributed by atoms with van der Waals surface area (Å²) in [5, 5.41) is 9.40. The summed E-state index contributed by atoms with van der Waals surface area (Å²) < 4.78 is 26.7. The van der Waals surface area contributed by atoms with E-state index in [4.69, 9.17) is 0 Å². The molecule has 0 amide bonds. The number of carboxylic acids is 1. The molecule has 2 nitrogen and oxygen atoms in total. The fourth-order valence-electron chi connectivity index (χ4n) is 2.99. The maximum atomic E-state index is 13.8. The Morgan fingerprint density at radius 2 is 1.79 bits per heavy atom. The van der Waals surface area contributed by atoms with Gasteiger partial charge >= 0.3 is 5.97 Å². The maximum Gasteiger partial charge on any atom is 0.311 e. The van der Waals surface area contributed by atoms with Crippen LogP contribution in [0.15, 0.2) is 18.2 Å². The van der Waals surface area contributed by atoms with Crippen LogP contribution in [-0.4, -0.2) is 11.1 Å². The highest BCUT2D eigenvalue weighted by Gasteiger charge is 2.32. The predicted octanol–water partition coefficient (Wildman–Crippen LogP) is 4.10. The third-order valence-corrected chi connectivity index (χ3v) is 3.93. The van der Waals surface area contributed by atoms with Gasteiger partial charge in [0.25, 0.3) is 0 Å². The van der Waals surface area contributed by atoms with Gasteiger partial charge in [0.05, 0.1) is 5.92 Å². The summed E-state index contributed by atoms with van der Waals surface area (Å²) in [6, 6.07) is 3.17. The Morgan fingerprint density at radius 1 is 1.16 bits per heavy atom. The molecule has 0 aliphatic heterocycles. The largest absolute Gasteiger partial charge is 0.481 e. The zero-order chi connectivity index (χ0) is 13.8. The van der Waals surface area contributed by atoms with Crippen LogP contribution in [0.1, 0.15) is 50.0 Å². The van der Waals surface area contributed by atoms with E-state index in [1.54, 1.807) is 0 Å². The lowest BCUT2D eigenvalue weighted by Gasteiger charge is -2.23. The molecule has 104 valence electrons. The number of benzene rings is 1. The van der Waals surface area contributed by atoms with E-state index in [1.165, 1.54) is 6.07 Å². The van der Waals surface area contributed by atoms with Gasteiger partial charge in [-0.15, -0.1) is 0 Å². The highest BCUT2D eigenvalue weighted by atomic mass is 19.1. The molecule has 1 aromatic carbocycles. The number of carboxylic acid groups (broad SMARTS) is 1. The zero-order valence-corrected chi connectivity index (χ0v) is 10.7. The molecule has 1 saturated carbocycles. The molecule has 0 radical (unpaired) electrons. The van der Waals surface area contributed by atoms with E-state index in [-0.39, 0.29) is 11.5 Å². The quantitative estimate of drug-likeness (QED) is 0.838. The third-order valence-electron chi connectivity index (χ3n) is 3.93. The molecular weight excluding hydrogens is 250 g/mol. The summed E-state index contributed by atoms with van der Waals surface area (Å²) in [4.78, 5) is 11.5. The Bertz CT molecular complexity index is 451. The van der Waals surface area contributed by atoms with Crippen molar-refractivity contribution >= 4 is 5.97 Å². The topological polar surface area (TPSA) is 37.3 Å². The molecule has 1 aliphatic rings. The summed E-state index contributed by atoms with van der Waals surface area (Å²) in [6.07, 6.45) is 5.78. The molecule has 19 heavy (non-hydrogen) atoms. The minimum absolute atomic E-state index is 0.0556. The molecule has 1 unspecified atom stereocenters. The molecular formula is C15H18F2O2. The van der Waals surface area contributed by atoms with E-state index in [1.807, 2.05) is 0 Å². The van der Waals surface area contributed by atoms with Gasteiger partial charge in [0.15, 0.2) is 0 Å². The van der Waals surface area contributed by atoms with Gasteiger partial charge in [0, 0.05) is 11.6 Å². The third kappa shape index (κ3) is 3.31. The lowest BCUT2D eigenvalue weighted by Crippen LogP contribution is -2.22. The highest BCUT2D eigenvalue weighted by Crippen LogP contribution is 2.36. The summed E-state index contributed by atoms with van der Waals surface area (Å²) in [7, 11) is 0. The van der Waals surface area contributed by atoms with Gasteiger partial charge in [0.1, 0.15) is 11.6 Å². The van der Waals surface area contributed by atoms with Gasteiger partial charge in [-0.25, -0.2) is 8.78 Å². The van der Waals surface area contributed by atoms with Crippen LogP contribution in [0.3, 0.4) is 0 Å². The molecule has 0 bridgehead atoms. The minimum atomic E-state index is -1.02. The molecule has 4 heteroatoms. The van der Waals surface area contributed by atoms with Crippen molar-refractivity contribution in [3.05, 3.63) is 35.4 Å². The number of halogens is 2. The van der Waals surface area contributed by atoms with Crippen LogP contribution in [0, 0.1) is 17.6 Å². The Labute approximate surface area is 111 Å². The summed E-state index contributed by atoms with van der Waals surface area (Å²) >= 11 is 0. The SMILES string of the molecule is O=C(O)C(c1ccc(F)cc1F)C1CCCCCC1. The summed E-state index contributed by atoms with van der Waals surface area (Å²) in [6.45, 7) is 0. The monoisotopic (exact) mass is 268 g/mol. The average molecular weight is 268 g/mol. The first-order valence-corrected chi connectivity index (χ1v) is 6.77. The van der Waals surface area contributed by atoms with Crippen molar-refractivity contribution in [2.24, 2.45) is 5.92 Å². The van der Waals surface area contributed by atoms with E-state index < -0.39 is 23.5 Å². The predicted molar refractivity (Wildman–Crippen MR) is 67.9 cm³/mol. The first-order chi connectivity index (χ1) is 9.09. The van der Waals surface area contributed by atoms with E-state index in [0.29, 0.717) is 0 Å². The molecule has 0 aromatic heterocycles. The second-order valence-electron chi connectivity index (χ2n) is 5.23. The normalized spacial score (nSPS) is 18.8. The Balaban J connectivity index is 2.30. The summed E-state index contributed by atoms with van der Waals surface area (Å²) in [5.74, 6) is -3.36. The lowest BCUT2D eigenvalue weighted by atomic mass is 9.81. The smallest absolute Gasteiger partial charge is 0.311 e. The van der Waals surface area contributed by atoms with Crippen molar-refractivity contribution in [2.75, 3.05) is 0 Å². The zero-order valence-electron chi connectivity index (χ0n) is 10.7. The average Bonchev–Trinajstić information content (AvgIpc) is 2.61. The van der Waals surface area contributed by atoms with Gasteiger partial charge in [0.2, 0.25) is 0 Å². The van der Waals surface area contributed by atoms with Crippen LogP contribution >= 0.6 is 0 Å². The lowest BCUT2D eigenvalue weighted by molar-refractivity contribution is -0.140. The van der Waals surface area contributed by atoms with Crippen LogP contribution in [-0.2, 0) is 4.79 Å². The van der Waals surface area contributed by atoms with Crippen molar-refractivity contribution in [3.63, 3.8) is 0 Å². The van der Waals surface area contributed by atoms with Crippen LogP contribution < -0.4 is 0 Å². The maximum absolute atomic E-state index is 13.8. The number of carbonyl (C=O) groups is 1. The van der Waals surface area contributed by atoms with Crippen molar-refractivity contribution in [3.8, 4) is 0 Å². The van der Waals surface area contributed by atoms with E-state index in [0.717, 1.165) is 50.7 Å². The van der Waals surface area contributed by atoms with Crippen molar-refractivity contribution < 1.29 is 18.7 Å².